The summed E-state index contributed by atoms with van der Waals surface area (Å²) in [6, 6.07) is 0. The third-order valence-electron chi connectivity index (χ3n) is 3.05. The Balaban J connectivity index is 2.86. The van der Waals surface area contributed by atoms with Crippen molar-refractivity contribution in [1.29, 1.82) is 0 Å². The Morgan fingerprint density at radius 2 is 2.09 bits per heavy atom. The fourth-order valence-corrected chi connectivity index (χ4v) is 1.84. The smallest absolute Gasteiger partial charge is 0.0728 e. The molecule has 0 aliphatic heterocycles. The molecular weight excluding hydrogens is 136 g/mol. The van der Waals surface area contributed by atoms with Crippen molar-refractivity contribution in [3.63, 3.8) is 0 Å². The van der Waals surface area contributed by atoms with Crippen LogP contribution in [0.4, 0.5) is 0 Å². The fraction of sp³-hybridized carbons (Fsp3) is 0.800. The molecule has 0 aromatic rings. The zero-order chi connectivity index (χ0) is 8.65. The fourth-order valence-electron chi connectivity index (χ4n) is 1.84. The van der Waals surface area contributed by atoms with Crippen LogP contribution in [0.1, 0.15) is 34.1 Å². The van der Waals surface area contributed by atoms with E-state index in [1.165, 1.54) is 5.57 Å². The van der Waals surface area contributed by atoms with Gasteiger partial charge in [-0.05, 0) is 24.7 Å². The Morgan fingerprint density at radius 1 is 1.55 bits per heavy atom. The van der Waals surface area contributed by atoms with E-state index in [9.17, 15) is 5.11 Å². The minimum atomic E-state index is -0.221. The van der Waals surface area contributed by atoms with Crippen LogP contribution in [-0.4, -0.2) is 11.2 Å². The van der Waals surface area contributed by atoms with Gasteiger partial charge in [-0.15, -0.1) is 0 Å². The monoisotopic (exact) mass is 154 g/mol. The lowest BCUT2D eigenvalue weighted by atomic mass is 9.69. The molecule has 0 unspecified atom stereocenters. The minimum Gasteiger partial charge on any atom is -0.389 e. The van der Waals surface area contributed by atoms with Crippen molar-refractivity contribution in [2.75, 3.05) is 0 Å². The molecule has 1 rings (SSSR count). The second-order valence-electron chi connectivity index (χ2n) is 4.39. The van der Waals surface area contributed by atoms with Gasteiger partial charge in [0.15, 0.2) is 0 Å². The highest BCUT2D eigenvalue weighted by Crippen LogP contribution is 2.40. The summed E-state index contributed by atoms with van der Waals surface area (Å²) in [5.41, 5.74) is 1.59. The molecule has 0 radical (unpaired) electrons. The predicted octanol–water partition coefficient (Wildman–Crippen LogP) is 2.36. The van der Waals surface area contributed by atoms with Crippen molar-refractivity contribution in [3.05, 3.63) is 11.6 Å². The van der Waals surface area contributed by atoms with E-state index in [4.69, 9.17) is 0 Å². The Hall–Kier alpha value is -0.300. The minimum absolute atomic E-state index is 0.221. The van der Waals surface area contributed by atoms with Crippen LogP contribution in [-0.2, 0) is 0 Å². The summed E-state index contributed by atoms with van der Waals surface area (Å²) < 4.78 is 0. The second-order valence-corrected chi connectivity index (χ2v) is 4.39. The van der Waals surface area contributed by atoms with Crippen molar-refractivity contribution >= 4 is 0 Å². The van der Waals surface area contributed by atoms with E-state index in [1.54, 1.807) is 0 Å². The molecule has 1 aliphatic carbocycles. The van der Waals surface area contributed by atoms with Gasteiger partial charge in [0.1, 0.15) is 0 Å². The van der Waals surface area contributed by atoms with Crippen molar-refractivity contribution < 1.29 is 5.11 Å². The molecule has 11 heavy (non-hydrogen) atoms. The number of allylic oxidation sites excluding steroid dienone is 1. The van der Waals surface area contributed by atoms with E-state index < -0.39 is 0 Å². The molecule has 0 amide bonds. The Morgan fingerprint density at radius 3 is 2.55 bits per heavy atom. The van der Waals surface area contributed by atoms with Gasteiger partial charge in [0.2, 0.25) is 0 Å². The largest absolute Gasteiger partial charge is 0.389 e. The molecular formula is C10H18O. The van der Waals surface area contributed by atoms with E-state index in [2.05, 4.69) is 27.7 Å². The molecule has 0 fully saturated rings. The maximum atomic E-state index is 9.46. The molecule has 0 spiro atoms. The molecule has 1 heteroatoms. The first-order chi connectivity index (χ1) is 4.93. The average Bonchev–Trinajstić information content (AvgIpc) is 1.81. The summed E-state index contributed by atoms with van der Waals surface area (Å²) >= 11 is 0. The Kier molecular flexibility index (Phi) is 2.10. The van der Waals surface area contributed by atoms with Crippen LogP contribution in [0.15, 0.2) is 11.6 Å². The second kappa shape index (κ2) is 2.63. The maximum absolute atomic E-state index is 9.46. The summed E-state index contributed by atoms with van der Waals surface area (Å²) in [7, 11) is 0. The Bertz CT molecular complexity index is 179. The number of aliphatic hydroxyl groups excluding tert-OH is 1. The van der Waals surface area contributed by atoms with Gasteiger partial charge in [-0.3, -0.25) is 0 Å². The molecule has 1 nitrogen and oxygen atoms in total. The molecule has 0 saturated heterocycles. The van der Waals surface area contributed by atoms with Crippen LogP contribution in [0.3, 0.4) is 0 Å². The molecule has 1 aliphatic rings. The van der Waals surface area contributed by atoms with E-state index in [1.807, 2.05) is 6.08 Å². The van der Waals surface area contributed by atoms with Gasteiger partial charge < -0.3 is 5.11 Å². The highest BCUT2D eigenvalue weighted by molar-refractivity contribution is 5.13. The lowest BCUT2D eigenvalue weighted by molar-refractivity contribution is 0.108. The zero-order valence-electron chi connectivity index (χ0n) is 7.89. The summed E-state index contributed by atoms with van der Waals surface area (Å²) in [5, 5.41) is 9.46. The summed E-state index contributed by atoms with van der Waals surface area (Å²) in [5.74, 6) is 0.603. The molecule has 0 aromatic heterocycles. The maximum Gasteiger partial charge on any atom is 0.0728 e. The molecule has 0 heterocycles. The van der Waals surface area contributed by atoms with E-state index in [-0.39, 0.29) is 11.5 Å². The third kappa shape index (κ3) is 1.64. The van der Waals surface area contributed by atoms with Crippen LogP contribution in [0.5, 0.6) is 0 Å². The SMILES string of the molecule is CC1=C[C@@H](O)CC(C)(C)[C@H]1C. The van der Waals surface area contributed by atoms with Gasteiger partial charge in [-0.25, -0.2) is 0 Å². The van der Waals surface area contributed by atoms with E-state index >= 15 is 0 Å². The highest BCUT2D eigenvalue weighted by Gasteiger charge is 2.32. The van der Waals surface area contributed by atoms with Crippen molar-refractivity contribution in [2.24, 2.45) is 11.3 Å². The van der Waals surface area contributed by atoms with Crippen LogP contribution in [0, 0.1) is 11.3 Å². The van der Waals surface area contributed by atoms with E-state index in [0.717, 1.165) is 6.42 Å². The Labute approximate surface area is 69.1 Å². The zero-order valence-corrected chi connectivity index (χ0v) is 7.89. The summed E-state index contributed by atoms with van der Waals surface area (Å²) in [6.07, 6.45) is 2.66. The molecule has 0 aromatic carbocycles. The summed E-state index contributed by atoms with van der Waals surface area (Å²) in [6.45, 7) is 8.78. The quantitative estimate of drug-likeness (QED) is 0.531. The number of hydrogen-bond donors (Lipinski definition) is 1. The van der Waals surface area contributed by atoms with Crippen LogP contribution in [0.25, 0.3) is 0 Å². The van der Waals surface area contributed by atoms with Gasteiger partial charge in [0.25, 0.3) is 0 Å². The number of aliphatic hydroxyl groups is 1. The lowest BCUT2D eigenvalue weighted by Crippen LogP contribution is -2.31. The molecule has 0 bridgehead atoms. The van der Waals surface area contributed by atoms with Crippen LogP contribution in [0.2, 0.25) is 0 Å². The number of hydrogen-bond acceptors (Lipinski definition) is 1. The molecule has 64 valence electrons. The van der Waals surface area contributed by atoms with Crippen molar-refractivity contribution in [1.82, 2.24) is 0 Å². The molecule has 2 atom stereocenters. The predicted molar refractivity (Wildman–Crippen MR) is 47.3 cm³/mol. The number of rotatable bonds is 0. The normalized spacial score (nSPS) is 36.6. The summed E-state index contributed by atoms with van der Waals surface area (Å²) in [4.78, 5) is 0. The standard InChI is InChI=1S/C10H18O/c1-7-5-9(11)6-10(3,4)8(7)2/h5,8-9,11H,6H2,1-4H3/t8-,9+/m0/s1. The third-order valence-corrected chi connectivity index (χ3v) is 3.05. The van der Waals surface area contributed by atoms with Gasteiger partial charge in [0, 0.05) is 0 Å². The van der Waals surface area contributed by atoms with Gasteiger partial charge in [0.05, 0.1) is 6.10 Å². The van der Waals surface area contributed by atoms with Gasteiger partial charge in [-0.1, -0.05) is 32.4 Å². The van der Waals surface area contributed by atoms with Crippen LogP contribution < -0.4 is 0 Å². The van der Waals surface area contributed by atoms with Crippen molar-refractivity contribution in [2.45, 2.75) is 40.2 Å². The van der Waals surface area contributed by atoms with E-state index in [0.29, 0.717) is 5.92 Å². The first kappa shape index (κ1) is 8.79. The average molecular weight is 154 g/mol. The van der Waals surface area contributed by atoms with Crippen LogP contribution >= 0.6 is 0 Å². The van der Waals surface area contributed by atoms with Gasteiger partial charge in [-0.2, -0.15) is 0 Å². The van der Waals surface area contributed by atoms with Crippen molar-refractivity contribution in [3.8, 4) is 0 Å². The highest BCUT2D eigenvalue weighted by atomic mass is 16.3. The first-order valence-corrected chi connectivity index (χ1v) is 4.30. The first-order valence-electron chi connectivity index (χ1n) is 4.30. The molecule has 0 saturated carbocycles. The van der Waals surface area contributed by atoms with Gasteiger partial charge >= 0.3 is 0 Å². The topological polar surface area (TPSA) is 20.2 Å². The lowest BCUT2D eigenvalue weighted by Gasteiger charge is -2.38. The molecule has 1 N–H and O–H groups in total.